The van der Waals surface area contributed by atoms with Crippen molar-refractivity contribution in [3.63, 3.8) is 0 Å². The van der Waals surface area contributed by atoms with Crippen molar-refractivity contribution in [1.82, 2.24) is 10.6 Å². The zero-order valence-corrected chi connectivity index (χ0v) is 7.99. The first-order valence-corrected chi connectivity index (χ1v) is 4.59. The van der Waals surface area contributed by atoms with Crippen LogP contribution in [0, 0.1) is 5.92 Å². The molecule has 0 aromatic heterocycles. The highest BCUT2D eigenvalue weighted by molar-refractivity contribution is 5.80. The number of nitrogens with zero attached hydrogens (tertiary/aromatic N) is 1. The summed E-state index contributed by atoms with van der Waals surface area (Å²) in [7, 11) is 0. The van der Waals surface area contributed by atoms with Crippen molar-refractivity contribution in [1.29, 1.82) is 0 Å². The summed E-state index contributed by atoms with van der Waals surface area (Å²) in [6.45, 7) is 2.47. The van der Waals surface area contributed by atoms with Gasteiger partial charge in [0, 0.05) is 19.6 Å². The van der Waals surface area contributed by atoms with Crippen molar-refractivity contribution in [2.24, 2.45) is 10.9 Å². The maximum Gasteiger partial charge on any atom is 0.393 e. The van der Waals surface area contributed by atoms with Crippen LogP contribution in [0.2, 0.25) is 0 Å². The summed E-state index contributed by atoms with van der Waals surface area (Å²) in [4.78, 5) is 4.01. The third-order valence-corrected chi connectivity index (χ3v) is 2.03. The normalized spacial score (nSPS) is 19.6. The van der Waals surface area contributed by atoms with E-state index in [4.69, 9.17) is 0 Å². The molecule has 1 aliphatic heterocycles. The van der Waals surface area contributed by atoms with Crippen LogP contribution in [0.1, 0.15) is 13.3 Å². The Morgan fingerprint density at radius 1 is 1.57 bits per heavy atom. The number of guanidine groups is 1. The molecule has 1 atom stereocenters. The van der Waals surface area contributed by atoms with E-state index < -0.39 is 12.1 Å². The van der Waals surface area contributed by atoms with Crippen LogP contribution in [0.3, 0.4) is 0 Å². The summed E-state index contributed by atoms with van der Waals surface area (Å²) >= 11 is 0. The van der Waals surface area contributed by atoms with Crippen LogP contribution in [-0.2, 0) is 0 Å². The summed E-state index contributed by atoms with van der Waals surface area (Å²) in [6, 6.07) is 0. The van der Waals surface area contributed by atoms with Gasteiger partial charge in [0.1, 0.15) is 0 Å². The molecule has 3 nitrogen and oxygen atoms in total. The standard InChI is InChI=1S/C8H14F3N3/c1-6(8(9,10)11)5-14-7-12-3-2-4-13-7/h6H,2-5H2,1H3,(H2,12,13,14). The van der Waals surface area contributed by atoms with Gasteiger partial charge in [-0.05, 0) is 6.42 Å². The zero-order chi connectivity index (χ0) is 10.6. The average Bonchev–Trinajstić information content (AvgIpc) is 2.14. The predicted molar refractivity (Wildman–Crippen MR) is 48.1 cm³/mol. The van der Waals surface area contributed by atoms with Crippen LogP contribution < -0.4 is 10.6 Å². The van der Waals surface area contributed by atoms with Crippen molar-refractivity contribution in [3.8, 4) is 0 Å². The summed E-state index contributed by atoms with van der Waals surface area (Å²) < 4.78 is 36.3. The van der Waals surface area contributed by atoms with Crippen molar-refractivity contribution in [2.75, 3.05) is 19.6 Å². The van der Waals surface area contributed by atoms with Crippen LogP contribution >= 0.6 is 0 Å². The molecule has 1 heterocycles. The van der Waals surface area contributed by atoms with Crippen LogP contribution in [0.5, 0.6) is 0 Å². The quantitative estimate of drug-likeness (QED) is 0.715. The third kappa shape index (κ3) is 3.43. The molecule has 0 aromatic rings. The number of aliphatic imine (C=N–C) groups is 1. The molecule has 0 aromatic carbocycles. The molecule has 0 fully saturated rings. The fourth-order valence-electron chi connectivity index (χ4n) is 1.02. The number of hydrogen-bond donors (Lipinski definition) is 2. The van der Waals surface area contributed by atoms with Crippen molar-refractivity contribution >= 4 is 5.96 Å². The fourth-order valence-corrected chi connectivity index (χ4v) is 1.02. The summed E-state index contributed by atoms with van der Waals surface area (Å²) in [5, 5.41) is 5.54. The maximum atomic E-state index is 12.1. The minimum atomic E-state index is -4.14. The Bertz CT molecular complexity index is 212. The van der Waals surface area contributed by atoms with Gasteiger partial charge in [0.05, 0.1) is 5.92 Å². The second-order valence-corrected chi connectivity index (χ2v) is 3.33. The van der Waals surface area contributed by atoms with Crippen LogP contribution in [0.25, 0.3) is 0 Å². The highest BCUT2D eigenvalue weighted by Gasteiger charge is 2.35. The van der Waals surface area contributed by atoms with Gasteiger partial charge in [-0.3, -0.25) is 4.99 Å². The molecular formula is C8H14F3N3. The second-order valence-electron chi connectivity index (χ2n) is 3.33. The molecule has 0 saturated heterocycles. The Kier molecular flexibility index (Phi) is 3.60. The lowest BCUT2D eigenvalue weighted by atomic mass is 10.2. The Hall–Kier alpha value is -0.940. The fraction of sp³-hybridized carbons (Fsp3) is 0.875. The van der Waals surface area contributed by atoms with E-state index in [0.29, 0.717) is 12.5 Å². The van der Waals surface area contributed by atoms with E-state index in [2.05, 4.69) is 15.6 Å². The van der Waals surface area contributed by atoms with Crippen molar-refractivity contribution in [2.45, 2.75) is 19.5 Å². The smallest absolute Gasteiger partial charge is 0.356 e. The van der Waals surface area contributed by atoms with Gasteiger partial charge in [0.25, 0.3) is 0 Å². The van der Waals surface area contributed by atoms with Gasteiger partial charge in [-0.25, -0.2) is 0 Å². The summed E-state index contributed by atoms with van der Waals surface area (Å²) in [5.74, 6) is -0.874. The Labute approximate surface area is 80.8 Å². The van der Waals surface area contributed by atoms with Gasteiger partial charge in [-0.1, -0.05) is 6.92 Å². The number of hydrogen-bond acceptors (Lipinski definition) is 3. The SMILES string of the molecule is CC(CNC1=NCCCN1)C(F)(F)F. The van der Waals surface area contributed by atoms with Crippen LogP contribution in [-0.4, -0.2) is 31.8 Å². The van der Waals surface area contributed by atoms with Crippen LogP contribution in [0.4, 0.5) is 13.2 Å². The maximum absolute atomic E-state index is 12.1. The van der Waals surface area contributed by atoms with E-state index in [-0.39, 0.29) is 6.54 Å². The monoisotopic (exact) mass is 209 g/mol. The molecule has 6 heteroatoms. The lowest BCUT2D eigenvalue weighted by molar-refractivity contribution is -0.167. The van der Waals surface area contributed by atoms with E-state index in [1.165, 1.54) is 0 Å². The minimum Gasteiger partial charge on any atom is -0.356 e. The highest BCUT2D eigenvalue weighted by Crippen LogP contribution is 2.24. The van der Waals surface area contributed by atoms with E-state index in [1.807, 2.05) is 0 Å². The molecule has 14 heavy (non-hydrogen) atoms. The number of alkyl halides is 3. The van der Waals surface area contributed by atoms with Gasteiger partial charge in [0.15, 0.2) is 5.96 Å². The molecule has 0 bridgehead atoms. The predicted octanol–water partition coefficient (Wildman–Crippen LogP) is 1.12. The molecule has 1 rings (SSSR count). The summed E-state index contributed by atoms with van der Waals surface area (Å²) in [5.41, 5.74) is 0. The van der Waals surface area contributed by atoms with E-state index in [0.717, 1.165) is 19.9 Å². The van der Waals surface area contributed by atoms with Gasteiger partial charge < -0.3 is 10.6 Å². The first-order valence-electron chi connectivity index (χ1n) is 4.59. The molecule has 0 aliphatic carbocycles. The lowest BCUT2D eigenvalue weighted by Gasteiger charge is -2.20. The largest absolute Gasteiger partial charge is 0.393 e. The lowest BCUT2D eigenvalue weighted by Crippen LogP contribution is -2.44. The molecule has 0 saturated carbocycles. The average molecular weight is 209 g/mol. The van der Waals surface area contributed by atoms with E-state index >= 15 is 0 Å². The molecule has 82 valence electrons. The van der Waals surface area contributed by atoms with E-state index in [1.54, 1.807) is 0 Å². The van der Waals surface area contributed by atoms with E-state index in [9.17, 15) is 13.2 Å². The van der Waals surface area contributed by atoms with Crippen LogP contribution in [0.15, 0.2) is 4.99 Å². The molecule has 0 amide bonds. The van der Waals surface area contributed by atoms with Crippen molar-refractivity contribution in [3.05, 3.63) is 0 Å². The first-order chi connectivity index (χ1) is 6.50. The van der Waals surface area contributed by atoms with Crippen molar-refractivity contribution < 1.29 is 13.2 Å². The van der Waals surface area contributed by atoms with Gasteiger partial charge in [0.2, 0.25) is 0 Å². The Morgan fingerprint density at radius 2 is 2.29 bits per heavy atom. The number of rotatable bonds is 2. The van der Waals surface area contributed by atoms with Gasteiger partial charge >= 0.3 is 6.18 Å². The number of halogens is 3. The molecule has 1 unspecified atom stereocenters. The molecule has 2 N–H and O–H groups in total. The topological polar surface area (TPSA) is 36.4 Å². The minimum absolute atomic E-state index is 0.130. The molecule has 0 radical (unpaired) electrons. The summed E-state index contributed by atoms with van der Waals surface area (Å²) in [6.07, 6.45) is -3.21. The van der Waals surface area contributed by atoms with Gasteiger partial charge in [-0.2, -0.15) is 13.2 Å². The Morgan fingerprint density at radius 3 is 2.79 bits per heavy atom. The zero-order valence-electron chi connectivity index (χ0n) is 7.99. The Balaban J connectivity index is 2.29. The highest BCUT2D eigenvalue weighted by atomic mass is 19.4. The van der Waals surface area contributed by atoms with Gasteiger partial charge in [-0.15, -0.1) is 0 Å². The molecule has 1 aliphatic rings. The number of nitrogens with one attached hydrogen (secondary N) is 2. The second kappa shape index (κ2) is 4.52. The first kappa shape index (κ1) is 11.1. The third-order valence-electron chi connectivity index (χ3n) is 2.03. The molecule has 0 spiro atoms. The molecular weight excluding hydrogens is 195 g/mol.